The van der Waals surface area contributed by atoms with E-state index in [0.717, 1.165) is 11.8 Å². The Labute approximate surface area is 181 Å². The van der Waals surface area contributed by atoms with Gasteiger partial charge in [0.05, 0.1) is 30.8 Å². The predicted molar refractivity (Wildman–Crippen MR) is 113 cm³/mol. The highest BCUT2D eigenvalue weighted by atomic mass is 16.6. The molecule has 3 heterocycles. The number of carbonyl (C=O) groups excluding carboxylic acids is 2. The quantitative estimate of drug-likeness (QED) is 0.674. The molecule has 1 saturated heterocycles. The number of piperidine rings is 1. The average Bonchev–Trinajstić information content (AvgIpc) is 3.13. The van der Waals surface area contributed by atoms with Crippen LogP contribution in [0.3, 0.4) is 0 Å². The molecule has 170 valence electrons. The molecular formula is C20H30N6O5. The Hall–Kier alpha value is -2.95. The number of carbonyl (C=O) groups is 2. The molecule has 1 N–H and O–H groups in total. The molecule has 31 heavy (non-hydrogen) atoms. The third kappa shape index (κ3) is 5.60. The standard InChI is InChI=1S/C20H30N6O5/c1-20(2,3)31-19(28)21-9-13-8-14(29-4)6-7-25(13)17-15-10-24-26(11-16(27)30-5)18(15)23-12-22-17/h10,12-14H,6-9,11H2,1-5H3,(H,21,28)/t13-,14+/m1/s1. The van der Waals surface area contributed by atoms with Crippen molar-refractivity contribution < 1.29 is 23.8 Å². The molecule has 1 aliphatic heterocycles. The fourth-order valence-electron chi connectivity index (χ4n) is 3.63. The van der Waals surface area contributed by atoms with Crippen LogP contribution in [0.5, 0.6) is 0 Å². The van der Waals surface area contributed by atoms with E-state index in [9.17, 15) is 9.59 Å². The number of hydrogen-bond acceptors (Lipinski definition) is 9. The van der Waals surface area contributed by atoms with Gasteiger partial charge >= 0.3 is 12.1 Å². The summed E-state index contributed by atoms with van der Waals surface area (Å²) in [5.41, 5.74) is -0.0264. The normalized spacial score (nSPS) is 19.3. The van der Waals surface area contributed by atoms with E-state index in [1.54, 1.807) is 13.3 Å². The minimum absolute atomic E-state index is 0.0359. The topological polar surface area (TPSA) is 121 Å². The number of esters is 1. The SMILES string of the molecule is COC(=O)Cn1ncc2c(N3CC[C@H](OC)C[C@@H]3CNC(=O)OC(C)(C)C)ncnc21. The largest absolute Gasteiger partial charge is 0.468 e. The lowest BCUT2D eigenvalue weighted by Crippen LogP contribution is -2.51. The van der Waals surface area contributed by atoms with Crippen molar-refractivity contribution >= 4 is 28.9 Å². The Morgan fingerprint density at radius 3 is 2.71 bits per heavy atom. The van der Waals surface area contributed by atoms with Gasteiger partial charge in [-0.2, -0.15) is 5.10 Å². The fraction of sp³-hybridized carbons (Fsp3) is 0.650. The summed E-state index contributed by atoms with van der Waals surface area (Å²) in [7, 11) is 3.02. The van der Waals surface area contributed by atoms with Gasteiger partial charge in [0.2, 0.25) is 0 Å². The first-order valence-electron chi connectivity index (χ1n) is 10.2. The Balaban J connectivity index is 1.83. The molecule has 0 unspecified atom stereocenters. The molecular weight excluding hydrogens is 404 g/mol. The summed E-state index contributed by atoms with van der Waals surface area (Å²) in [5, 5.41) is 7.86. The molecule has 0 saturated carbocycles. The van der Waals surface area contributed by atoms with Crippen LogP contribution in [0, 0.1) is 0 Å². The second kappa shape index (κ2) is 9.46. The van der Waals surface area contributed by atoms with Crippen LogP contribution in [-0.2, 0) is 25.5 Å². The van der Waals surface area contributed by atoms with Crippen LogP contribution in [0.2, 0.25) is 0 Å². The zero-order chi connectivity index (χ0) is 22.6. The Kier molecular flexibility index (Phi) is 6.94. The maximum atomic E-state index is 12.2. The van der Waals surface area contributed by atoms with Gasteiger partial charge in [0.25, 0.3) is 0 Å². The minimum Gasteiger partial charge on any atom is -0.468 e. The molecule has 0 bridgehead atoms. The van der Waals surface area contributed by atoms with Crippen LogP contribution in [0.4, 0.5) is 10.6 Å². The number of alkyl carbamates (subject to hydrolysis) is 1. The monoisotopic (exact) mass is 434 g/mol. The van der Waals surface area contributed by atoms with E-state index in [-0.39, 0.29) is 18.7 Å². The van der Waals surface area contributed by atoms with Gasteiger partial charge in [0, 0.05) is 20.2 Å². The zero-order valence-corrected chi connectivity index (χ0v) is 18.6. The molecule has 2 atom stereocenters. The van der Waals surface area contributed by atoms with Crippen molar-refractivity contribution in [1.29, 1.82) is 0 Å². The van der Waals surface area contributed by atoms with Gasteiger partial charge < -0.3 is 24.4 Å². The summed E-state index contributed by atoms with van der Waals surface area (Å²) in [6.45, 7) is 6.49. The van der Waals surface area contributed by atoms with Crippen molar-refractivity contribution in [2.45, 2.75) is 57.9 Å². The van der Waals surface area contributed by atoms with Gasteiger partial charge in [-0.25, -0.2) is 19.4 Å². The minimum atomic E-state index is -0.571. The summed E-state index contributed by atoms with van der Waals surface area (Å²) in [6, 6.07) is -0.0618. The first kappa shape index (κ1) is 22.7. The molecule has 3 rings (SSSR count). The fourth-order valence-corrected chi connectivity index (χ4v) is 3.63. The third-order valence-electron chi connectivity index (χ3n) is 5.07. The molecule has 0 aliphatic carbocycles. The summed E-state index contributed by atoms with van der Waals surface area (Å²) in [5.74, 6) is 0.289. The Bertz CT molecular complexity index is 924. The van der Waals surface area contributed by atoms with Crippen LogP contribution < -0.4 is 10.2 Å². The summed E-state index contributed by atoms with van der Waals surface area (Å²) in [4.78, 5) is 34.8. The van der Waals surface area contributed by atoms with E-state index in [4.69, 9.17) is 14.2 Å². The summed E-state index contributed by atoms with van der Waals surface area (Å²) >= 11 is 0. The van der Waals surface area contributed by atoms with E-state index in [1.807, 2.05) is 20.8 Å². The van der Waals surface area contributed by atoms with E-state index >= 15 is 0 Å². The lowest BCUT2D eigenvalue weighted by Gasteiger charge is -2.40. The number of anilines is 1. The summed E-state index contributed by atoms with van der Waals surface area (Å²) < 4.78 is 17.1. The summed E-state index contributed by atoms with van der Waals surface area (Å²) in [6.07, 6.45) is 4.25. The number of amides is 1. The third-order valence-corrected chi connectivity index (χ3v) is 5.07. The number of fused-ring (bicyclic) bond motifs is 1. The molecule has 1 amide bonds. The van der Waals surface area contributed by atoms with Crippen molar-refractivity contribution in [3.8, 4) is 0 Å². The molecule has 1 aliphatic rings. The smallest absolute Gasteiger partial charge is 0.407 e. The van der Waals surface area contributed by atoms with Gasteiger partial charge in [-0.15, -0.1) is 0 Å². The van der Waals surface area contributed by atoms with Crippen molar-refractivity contribution in [1.82, 2.24) is 25.1 Å². The average molecular weight is 434 g/mol. The molecule has 0 spiro atoms. The maximum absolute atomic E-state index is 12.2. The van der Waals surface area contributed by atoms with Crippen molar-refractivity contribution in [3.63, 3.8) is 0 Å². The Morgan fingerprint density at radius 1 is 1.26 bits per heavy atom. The highest BCUT2D eigenvalue weighted by Crippen LogP contribution is 2.29. The number of hydrogen-bond donors (Lipinski definition) is 1. The zero-order valence-electron chi connectivity index (χ0n) is 18.6. The molecule has 0 radical (unpaired) electrons. The van der Waals surface area contributed by atoms with Crippen molar-refractivity contribution in [3.05, 3.63) is 12.5 Å². The second-order valence-electron chi connectivity index (χ2n) is 8.43. The number of nitrogens with one attached hydrogen (secondary N) is 1. The van der Waals surface area contributed by atoms with Crippen LogP contribution in [0.25, 0.3) is 11.0 Å². The van der Waals surface area contributed by atoms with E-state index in [1.165, 1.54) is 18.1 Å². The second-order valence-corrected chi connectivity index (χ2v) is 8.43. The predicted octanol–water partition coefficient (Wildman–Crippen LogP) is 1.51. The molecule has 11 nitrogen and oxygen atoms in total. The lowest BCUT2D eigenvalue weighted by atomic mass is 9.98. The molecule has 0 aromatic carbocycles. The van der Waals surface area contributed by atoms with E-state index in [0.29, 0.717) is 31.0 Å². The number of methoxy groups -OCH3 is 2. The van der Waals surface area contributed by atoms with Crippen LogP contribution in [0.1, 0.15) is 33.6 Å². The van der Waals surface area contributed by atoms with Gasteiger partial charge in [-0.1, -0.05) is 0 Å². The van der Waals surface area contributed by atoms with Crippen LogP contribution in [-0.4, -0.2) is 76.9 Å². The van der Waals surface area contributed by atoms with Crippen LogP contribution >= 0.6 is 0 Å². The highest BCUT2D eigenvalue weighted by molar-refractivity contribution is 5.87. The molecule has 2 aromatic rings. The highest BCUT2D eigenvalue weighted by Gasteiger charge is 2.32. The first-order chi connectivity index (χ1) is 14.7. The number of ether oxygens (including phenoxy) is 3. The van der Waals surface area contributed by atoms with Gasteiger partial charge in [-0.3, -0.25) is 4.79 Å². The maximum Gasteiger partial charge on any atom is 0.407 e. The van der Waals surface area contributed by atoms with Gasteiger partial charge in [0.15, 0.2) is 5.65 Å². The molecule has 2 aromatic heterocycles. The van der Waals surface area contributed by atoms with Gasteiger partial charge in [-0.05, 0) is 33.6 Å². The number of rotatable bonds is 6. The first-order valence-corrected chi connectivity index (χ1v) is 10.2. The molecule has 11 heteroatoms. The van der Waals surface area contributed by atoms with Crippen molar-refractivity contribution in [2.24, 2.45) is 0 Å². The Morgan fingerprint density at radius 2 is 2.03 bits per heavy atom. The lowest BCUT2D eigenvalue weighted by molar-refractivity contribution is -0.141. The van der Waals surface area contributed by atoms with Crippen molar-refractivity contribution in [2.75, 3.05) is 32.2 Å². The number of nitrogens with zero attached hydrogens (tertiary/aromatic N) is 5. The van der Waals surface area contributed by atoms with E-state index in [2.05, 4.69) is 25.3 Å². The van der Waals surface area contributed by atoms with Gasteiger partial charge in [0.1, 0.15) is 24.3 Å². The van der Waals surface area contributed by atoms with E-state index < -0.39 is 17.7 Å². The number of aromatic nitrogens is 4. The molecule has 1 fully saturated rings. The van der Waals surface area contributed by atoms with Crippen LogP contribution in [0.15, 0.2) is 12.5 Å².